The van der Waals surface area contributed by atoms with Gasteiger partial charge in [0.05, 0.1) is 16.4 Å². The van der Waals surface area contributed by atoms with E-state index in [0.717, 1.165) is 11.8 Å². The van der Waals surface area contributed by atoms with Gasteiger partial charge in [0, 0.05) is 31.4 Å². The number of nitrogens with two attached hydrogens (primary N) is 1. The Kier molecular flexibility index (Phi) is 5.83. The molecule has 2 N–H and O–H groups in total. The second kappa shape index (κ2) is 8.44. The predicted molar refractivity (Wildman–Crippen MR) is 108 cm³/mol. The summed E-state index contributed by atoms with van der Waals surface area (Å²) in [6.07, 6.45) is -3.07. The zero-order valence-electron chi connectivity index (χ0n) is 16.5. The molecule has 1 aliphatic rings. The Morgan fingerprint density at radius 2 is 1.94 bits per heavy atom. The molecule has 4 rings (SSSR count). The third-order valence-corrected chi connectivity index (χ3v) is 5.40. The first kappa shape index (κ1) is 22.1. The molecule has 0 fully saturated rings. The van der Waals surface area contributed by atoms with Gasteiger partial charge in [0.2, 0.25) is 5.82 Å². The van der Waals surface area contributed by atoms with Crippen LogP contribution in [-0.4, -0.2) is 32.3 Å². The maximum absolute atomic E-state index is 13.5. The predicted octanol–water partition coefficient (Wildman–Crippen LogP) is 4.01. The Balaban J connectivity index is 1.67. The van der Waals surface area contributed by atoms with Gasteiger partial charge >= 0.3 is 6.18 Å². The van der Waals surface area contributed by atoms with Gasteiger partial charge in [0.15, 0.2) is 0 Å². The summed E-state index contributed by atoms with van der Waals surface area (Å²) in [6.45, 7) is 0.898. The zero-order chi connectivity index (χ0) is 23.0. The fourth-order valence-corrected chi connectivity index (χ4v) is 3.92. The van der Waals surface area contributed by atoms with Crippen molar-refractivity contribution in [2.75, 3.05) is 6.54 Å². The van der Waals surface area contributed by atoms with Crippen molar-refractivity contribution in [3.8, 4) is 11.1 Å². The number of halogens is 5. The van der Waals surface area contributed by atoms with Crippen LogP contribution in [0.3, 0.4) is 0 Å². The maximum atomic E-state index is 13.5. The van der Waals surface area contributed by atoms with Crippen LogP contribution in [0, 0.1) is 5.82 Å². The van der Waals surface area contributed by atoms with Crippen molar-refractivity contribution in [2.45, 2.75) is 25.7 Å². The molecule has 2 aromatic heterocycles. The first-order valence-corrected chi connectivity index (χ1v) is 9.89. The second-order valence-corrected chi connectivity index (χ2v) is 7.71. The van der Waals surface area contributed by atoms with Crippen LogP contribution in [0.15, 0.2) is 36.5 Å². The molecule has 0 atom stereocenters. The van der Waals surface area contributed by atoms with E-state index in [1.165, 1.54) is 30.3 Å². The minimum atomic E-state index is -4.63. The number of pyridine rings is 1. The molecule has 1 aromatic carbocycles. The second-order valence-electron chi connectivity index (χ2n) is 7.30. The zero-order valence-corrected chi connectivity index (χ0v) is 17.2. The van der Waals surface area contributed by atoms with Gasteiger partial charge in [-0.2, -0.15) is 13.2 Å². The summed E-state index contributed by atoms with van der Waals surface area (Å²) < 4.78 is 52.2. The molecule has 3 heterocycles. The van der Waals surface area contributed by atoms with Crippen LogP contribution in [0.1, 0.15) is 33.3 Å². The van der Waals surface area contributed by atoms with Crippen LogP contribution in [0.25, 0.3) is 11.1 Å². The number of nitrogens with zero attached hydrogens (tertiary/aromatic N) is 4. The van der Waals surface area contributed by atoms with E-state index in [1.54, 1.807) is 0 Å². The number of benzene rings is 1. The van der Waals surface area contributed by atoms with Gasteiger partial charge in [-0.25, -0.2) is 19.3 Å². The van der Waals surface area contributed by atoms with E-state index in [2.05, 4.69) is 15.0 Å². The lowest BCUT2D eigenvalue weighted by Gasteiger charge is -2.29. The summed E-state index contributed by atoms with van der Waals surface area (Å²) in [5.41, 5.74) is 8.19. The van der Waals surface area contributed by atoms with Gasteiger partial charge in [-0.1, -0.05) is 11.6 Å². The Morgan fingerprint density at radius 3 is 2.62 bits per heavy atom. The standard InChI is InChI=1S/C21H16ClF4N5O/c22-16-7-11(23)1-2-13(16)15-8-17(19(27)32)30-18-10-31(6-4-14(15)18)9-12-3-5-28-20(29-12)21(24,25)26/h1-3,5,7-8H,4,6,9-10H2,(H2,27,32). The van der Waals surface area contributed by atoms with E-state index < -0.39 is 23.7 Å². The van der Waals surface area contributed by atoms with E-state index in [4.69, 9.17) is 17.3 Å². The molecule has 6 nitrogen and oxygen atoms in total. The molecule has 0 radical (unpaired) electrons. The van der Waals surface area contributed by atoms with E-state index in [-0.39, 0.29) is 29.5 Å². The fourth-order valence-electron chi connectivity index (χ4n) is 3.65. The fraction of sp³-hybridized carbons (Fsp3) is 0.238. The minimum absolute atomic E-state index is 0.0161. The van der Waals surface area contributed by atoms with Gasteiger partial charge < -0.3 is 5.73 Å². The van der Waals surface area contributed by atoms with Gasteiger partial charge in [-0.05, 0) is 47.9 Å². The Labute approximate surface area is 185 Å². The van der Waals surface area contributed by atoms with E-state index in [1.807, 2.05) is 4.90 Å². The highest BCUT2D eigenvalue weighted by Gasteiger charge is 2.35. The molecule has 0 aliphatic carbocycles. The number of amides is 1. The molecule has 0 saturated carbocycles. The number of hydrogen-bond acceptors (Lipinski definition) is 5. The van der Waals surface area contributed by atoms with Crippen molar-refractivity contribution in [3.05, 3.63) is 75.8 Å². The summed E-state index contributed by atoms with van der Waals surface area (Å²) in [5.74, 6) is -2.43. The van der Waals surface area contributed by atoms with Crippen molar-refractivity contribution in [1.82, 2.24) is 19.9 Å². The Bertz CT molecular complexity index is 1200. The van der Waals surface area contributed by atoms with E-state index in [9.17, 15) is 22.4 Å². The number of rotatable bonds is 4. The van der Waals surface area contributed by atoms with Gasteiger partial charge in [0.1, 0.15) is 11.5 Å². The Hall–Kier alpha value is -3.11. The van der Waals surface area contributed by atoms with Gasteiger partial charge in [-0.3, -0.25) is 9.69 Å². The highest BCUT2D eigenvalue weighted by atomic mass is 35.5. The highest BCUT2D eigenvalue weighted by Crippen LogP contribution is 2.35. The van der Waals surface area contributed by atoms with Crippen molar-refractivity contribution >= 4 is 17.5 Å². The summed E-state index contributed by atoms with van der Waals surface area (Å²) in [7, 11) is 0. The molecule has 32 heavy (non-hydrogen) atoms. The van der Waals surface area contributed by atoms with Crippen LogP contribution in [-0.2, 0) is 25.7 Å². The summed E-state index contributed by atoms with van der Waals surface area (Å²) in [5, 5.41) is 0.178. The van der Waals surface area contributed by atoms with Crippen LogP contribution < -0.4 is 5.73 Å². The van der Waals surface area contributed by atoms with Crippen LogP contribution in [0.4, 0.5) is 17.6 Å². The number of carbonyl (C=O) groups is 1. The number of alkyl halides is 3. The molecule has 166 valence electrons. The van der Waals surface area contributed by atoms with Crippen molar-refractivity contribution in [1.29, 1.82) is 0 Å². The molecule has 0 spiro atoms. The first-order chi connectivity index (χ1) is 15.1. The third kappa shape index (κ3) is 4.56. The van der Waals surface area contributed by atoms with Crippen molar-refractivity contribution < 1.29 is 22.4 Å². The van der Waals surface area contributed by atoms with E-state index >= 15 is 0 Å². The molecule has 0 bridgehead atoms. The average Bonchev–Trinajstić information content (AvgIpc) is 2.72. The number of carbonyl (C=O) groups excluding carboxylic acids is 1. The Morgan fingerprint density at radius 1 is 1.16 bits per heavy atom. The monoisotopic (exact) mass is 465 g/mol. The third-order valence-electron chi connectivity index (χ3n) is 5.09. The first-order valence-electron chi connectivity index (χ1n) is 9.51. The smallest absolute Gasteiger partial charge is 0.364 e. The number of fused-ring (bicyclic) bond motifs is 1. The molecule has 11 heteroatoms. The molecule has 3 aromatic rings. The largest absolute Gasteiger partial charge is 0.451 e. The maximum Gasteiger partial charge on any atom is 0.451 e. The van der Waals surface area contributed by atoms with Gasteiger partial charge in [-0.15, -0.1) is 0 Å². The quantitative estimate of drug-likeness (QED) is 0.588. The molecule has 1 amide bonds. The van der Waals surface area contributed by atoms with Crippen LogP contribution in [0.5, 0.6) is 0 Å². The number of hydrogen-bond donors (Lipinski definition) is 1. The lowest BCUT2D eigenvalue weighted by Crippen LogP contribution is -2.32. The molecular formula is C21H16ClF4N5O. The SMILES string of the molecule is NC(=O)c1cc(-c2ccc(F)cc2Cl)c2c(n1)CN(Cc1ccnc(C(F)(F)F)n1)CC2. The molecule has 1 aliphatic heterocycles. The molecule has 0 saturated heterocycles. The number of primary amides is 1. The normalized spacial score (nSPS) is 14.3. The topological polar surface area (TPSA) is 85.0 Å². The molecular weight excluding hydrogens is 450 g/mol. The van der Waals surface area contributed by atoms with Crippen LogP contribution >= 0.6 is 11.6 Å². The van der Waals surface area contributed by atoms with Crippen molar-refractivity contribution in [3.63, 3.8) is 0 Å². The van der Waals surface area contributed by atoms with Crippen molar-refractivity contribution in [2.24, 2.45) is 5.73 Å². The summed E-state index contributed by atoms with van der Waals surface area (Å²) in [6, 6.07) is 6.90. The minimum Gasteiger partial charge on any atom is -0.364 e. The van der Waals surface area contributed by atoms with Crippen LogP contribution in [0.2, 0.25) is 5.02 Å². The lowest BCUT2D eigenvalue weighted by molar-refractivity contribution is -0.145. The molecule has 0 unspecified atom stereocenters. The average molecular weight is 466 g/mol. The summed E-state index contributed by atoms with van der Waals surface area (Å²) in [4.78, 5) is 24.9. The summed E-state index contributed by atoms with van der Waals surface area (Å²) >= 11 is 6.23. The van der Waals surface area contributed by atoms with Gasteiger partial charge in [0.25, 0.3) is 5.91 Å². The lowest BCUT2D eigenvalue weighted by atomic mass is 9.93. The van der Waals surface area contributed by atoms with E-state index in [0.29, 0.717) is 29.8 Å². The highest BCUT2D eigenvalue weighted by molar-refractivity contribution is 6.33. The number of aromatic nitrogens is 3.